The highest BCUT2D eigenvalue weighted by Crippen LogP contribution is 2.21. The largest absolute Gasteiger partial charge is 0.476 e. The fourth-order valence-corrected chi connectivity index (χ4v) is 1.39. The number of aromatic carboxylic acids is 1. The fourth-order valence-electron chi connectivity index (χ4n) is 1.03. The van der Waals surface area contributed by atoms with E-state index < -0.39 is 5.97 Å². The summed E-state index contributed by atoms with van der Waals surface area (Å²) in [6.45, 7) is 0.551. The van der Waals surface area contributed by atoms with Crippen molar-refractivity contribution in [3.05, 3.63) is 22.6 Å². The van der Waals surface area contributed by atoms with Crippen molar-refractivity contribution in [2.75, 3.05) is 0 Å². The number of carbonyl (C=O) groups is 1. The lowest BCUT2D eigenvalue weighted by atomic mass is 10.5. The summed E-state index contributed by atoms with van der Waals surface area (Å²) in [6, 6.07) is 0.306. The van der Waals surface area contributed by atoms with Crippen LogP contribution in [0.3, 0.4) is 0 Å². The van der Waals surface area contributed by atoms with Gasteiger partial charge in [0.05, 0.1) is 11.0 Å². The molecule has 2 heterocycles. The molecule has 0 atom stereocenters. The van der Waals surface area contributed by atoms with E-state index in [0.29, 0.717) is 12.6 Å². The molecule has 0 amide bonds. The van der Waals surface area contributed by atoms with Gasteiger partial charge in [-0.05, 0) is 0 Å². The smallest absolute Gasteiger partial charge is 0.356 e. The molecule has 2 rings (SSSR count). The molecule has 5 nitrogen and oxygen atoms in total. The molecule has 1 aliphatic heterocycles. The molecule has 0 fully saturated rings. The number of hydrogen-bond acceptors (Lipinski definition) is 3. The number of carboxylic acids is 1. The van der Waals surface area contributed by atoms with Crippen molar-refractivity contribution in [1.29, 1.82) is 0 Å². The number of fused-ring (bicyclic) bond motifs is 1. The predicted molar refractivity (Wildman–Crippen MR) is 46.8 cm³/mol. The maximum absolute atomic E-state index is 10.5. The van der Waals surface area contributed by atoms with Crippen LogP contribution in [0.5, 0.6) is 6.01 Å². The summed E-state index contributed by atoms with van der Waals surface area (Å²) in [7, 11) is 0. The van der Waals surface area contributed by atoms with Gasteiger partial charge in [-0.1, -0.05) is 15.9 Å². The van der Waals surface area contributed by atoms with Gasteiger partial charge >= 0.3 is 12.0 Å². The molecule has 0 saturated heterocycles. The molecule has 0 spiro atoms. The normalized spacial score (nSPS) is 14.4. The van der Waals surface area contributed by atoms with E-state index in [1.54, 1.807) is 4.57 Å². The Morgan fingerprint density at radius 2 is 2.54 bits per heavy atom. The van der Waals surface area contributed by atoms with Crippen LogP contribution >= 0.6 is 15.9 Å². The minimum atomic E-state index is -1.05. The van der Waals surface area contributed by atoms with Crippen molar-refractivity contribution in [2.45, 2.75) is 6.54 Å². The molecule has 0 radical (unpaired) electrons. The second kappa shape index (κ2) is 2.88. The number of nitrogens with zero attached hydrogens (tertiary/aromatic N) is 2. The van der Waals surface area contributed by atoms with E-state index in [4.69, 9.17) is 9.84 Å². The van der Waals surface area contributed by atoms with Gasteiger partial charge in [-0.25, -0.2) is 4.79 Å². The topological polar surface area (TPSA) is 64.3 Å². The average molecular weight is 245 g/mol. The monoisotopic (exact) mass is 244 g/mol. The zero-order valence-corrected chi connectivity index (χ0v) is 7.98. The Hall–Kier alpha value is -1.30. The molecular formula is C7H5BrN2O3. The SMILES string of the molecule is O=C(O)c1cn2c(n1)OC=C(Br)C2. The summed E-state index contributed by atoms with van der Waals surface area (Å²) in [5.41, 5.74) is -0.00870. The fraction of sp³-hybridized carbons (Fsp3) is 0.143. The third-order valence-corrected chi connectivity index (χ3v) is 2.01. The Balaban J connectivity index is 2.37. The van der Waals surface area contributed by atoms with E-state index in [2.05, 4.69) is 20.9 Å². The Labute approximate surface area is 81.8 Å². The summed E-state index contributed by atoms with van der Waals surface area (Å²) >= 11 is 3.24. The number of ether oxygens (including phenoxy) is 1. The summed E-state index contributed by atoms with van der Waals surface area (Å²) in [5.74, 6) is -1.05. The van der Waals surface area contributed by atoms with Gasteiger partial charge in [-0.2, -0.15) is 4.98 Å². The Morgan fingerprint density at radius 3 is 3.23 bits per heavy atom. The van der Waals surface area contributed by atoms with E-state index >= 15 is 0 Å². The summed E-state index contributed by atoms with van der Waals surface area (Å²) < 4.78 is 7.51. The highest BCUT2D eigenvalue weighted by molar-refractivity contribution is 9.11. The Morgan fingerprint density at radius 1 is 1.77 bits per heavy atom. The number of aromatic nitrogens is 2. The number of imidazole rings is 1. The first-order valence-corrected chi connectivity index (χ1v) is 4.28. The molecule has 0 bridgehead atoms. The standard InChI is InChI=1S/C7H5BrN2O3/c8-4-1-10-2-5(6(11)12)9-7(10)13-3-4/h2-3H,1H2,(H,11,12). The highest BCUT2D eigenvalue weighted by atomic mass is 79.9. The van der Waals surface area contributed by atoms with Gasteiger partial charge in [0.1, 0.15) is 6.26 Å². The molecule has 13 heavy (non-hydrogen) atoms. The van der Waals surface area contributed by atoms with Crippen molar-refractivity contribution < 1.29 is 14.6 Å². The summed E-state index contributed by atoms with van der Waals surface area (Å²) in [4.78, 5) is 14.3. The quantitative estimate of drug-likeness (QED) is 0.807. The first-order chi connectivity index (χ1) is 6.16. The third-order valence-electron chi connectivity index (χ3n) is 1.57. The number of halogens is 1. The number of carboxylic acid groups (broad SMARTS) is 1. The lowest BCUT2D eigenvalue weighted by molar-refractivity contribution is 0.0690. The van der Waals surface area contributed by atoms with Crippen LogP contribution in [0.2, 0.25) is 0 Å². The lowest BCUT2D eigenvalue weighted by Crippen LogP contribution is -2.05. The van der Waals surface area contributed by atoms with Crippen molar-refractivity contribution in [3.63, 3.8) is 0 Å². The van der Waals surface area contributed by atoms with Crippen molar-refractivity contribution in [1.82, 2.24) is 9.55 Å². The molecule has 0 saturated carbocycles. The van der Waals surface area contributed by atoms with E-state index in [1.807, 2.05) is 0 Å². The third kappa shape index (κ3) is 1.44. The van der Waals surface area contributed by atoms with Crippen LogP contribution in [0.1, 0.15) is 10.5 Å². The molecule has 68 valence electrons. The van der Waals surface area contributed by atoms with Gasteiger partial charge in [0.25, 0.3) is 0 Å². The van der Waals surface area contributed by atoms with Crippen LogP contribution in [0.15, 0.2) is 16.9 Å². The number of rotatable bonds is 1. The van der Waals surface area contributed by atoms with Gasteiger partial charge in [0.2, 0.25) is 0 Å². The molecule has 0 unspecified atom stereocenters. The average Bonchev–Trinajstić information content (AvgIpc) is 2.46. The van der Waals surface area contributed by atoms with Gasteiger partial charge < -0.3 is 9.84 Å². The molecule has 6 heteroatoms. The van der Waals surface area contributed by atoms with Gasteiger partial charge in [-0.15, -0.1) is 0 Å². The molecule has 1 aromatic rings. The van der Waals surface area contributed by atoms with Crippen LogP contribution < -0.4 is 4.74 Å². The van der Waals surface area contributed by atoms with Crippen molar-refractivity contribution >= 4 is 21.9 Å². The minimum absolute atomic E-state index is 0.00870. The maximum atomic E-state index is 10.5. The molecular weight excluding hydrogens is 240 g/mol. The van der Waals surface area contributed by atoms with Crippen LogP contribution in [0.25, 0.3) is 0 Å². The minimum Gasteiger partial charge on any atom is -0.476 e. The number of allylic oxidation sites excluding steroid dienone is 1. The first-order valence-electron chi connectivity index (χ1n) is 3.48. The Kier molecular flexibility index (Phi) is 1.84. The second-order valence-electron chi connectivity index (χ2n) is 2.52. The van der Waals surface area contributed by atoms with Crippen molar-refractivity contribution in [3.8, 4) is 6.01 Å². The zero-order valence-electron chi connectivity index (χ0n) is 6.40. The van der Waals surface area contributed by atoms with Crippen LogP contribution in [-0.2, 0) is 6.54 Å². The Bertz CT molecular complexity index is 396. The van der Waals surface area contributed by atoms with E-state index in [1.165, 1.54) is 12.5 Å². The molecule has 1 aliphatic rings. The molecule has 1 N–H and O–H groups in total. The highest BCUT2D eigenvalue weighted by Gasteiger charge is 2.17. The zero-order chi connectivity index (χ0) is 9.42. The van der Waals surface area contributed by atoms with Crippen LogP contribution in [0, 0.1) is 0 Å². The molecule has 0 aromatic carbocycles. The molecule has 0 aliphatic carbocycles. The lowest BCUT2D eigenvalue weighted by Gasteiger charge is -2.10. The maximum Gasteiger partial charge on any atom is 0.356 e. The summed E-state index contributed by atoms with van der Waals surface area (Å²) in [6.07, 6.45) is 2.93. The van der Waals surface area contributed by atoms with Gasteiger partial charge in [-0.3, -0.25) is 4.57 Å². The van der Waals surface area contributed by atoms with Crippen molar-refractivity contribution in [2.24, 2.45) is 0 Å². The van der Waals surface area contributed by atoms with Gasteiger partial charge in [0.15, 0.2) is 5.69 Å². The van der Waals surface area contributed by atoms with Gasteiger partial charge in [0, 0.05) is 6.20 Å². The van der Waals surface area contributed by atoms with E-state index in [-0.39, 0.29) is 5.69 Å². The van der Waals surface area contributed by atoms with E-state index in [9.17, 15) is 4.79 Å². The van der Waals surface area contributed by atoms with Crippen LogP contribution in [-0.4, -0.2) is 20.6 Å². The number of hydrogen-bond donors (Lipinski definition) is 1. The van der Waals surface area contributed by atoms with Crippen LogP contribution in [0.4, 0.5) is 0 Å². The predicted octanol–water partition coefficient (Wildman–Crippen LogP) is 1.21. The second-order valence-corrected chi connectivity index (χ2v) is 3.54. The molecule has 1 aromatic heterocycles. The van der Waals surface area contributed by atoms with E-state index in [0.717, 1.165) is 4.48 Å². The summed E-state index contributed by atoms with van der Waals surface area (Å²) in [5, 5.41) is 8.64. The first kappa shape index (κ1) is 8.31.